The standard InChI is InChI=1S/C20H21N3O3S2/c1-28(25,26)16-6-4-5-15(13-16)20(24)23-11-9-22(10-12-23)14-19-21-17-7-2-3-8-18(17)27-19/h2-8,13H,9-12,14H2,1H3. The summed E-state index contributed by atoms with van der Waals surface area (Å²) in [7, 11) is -3.33. The molecule has 146 valence electrons. The monoisotopic (exact) mass is 415 g/mol. The Labute approximate surface area is 168 Å². The molecule has 4 rings (SSSR count). The van der Waals surface area contributed by atoms with Crippen LogP contribution in [0.5, 0.6) is 0 Å². The summed E-state index contributed by atoms with van der Waals surface area (Å²) in [6.45, 7) is 3.56. The predicted molar refractivity (Wildman–Crippen MR) is 110 cm³/mol. The van der Waals surface area contributed by atoms with Crippen LogP contribution in [0, 0.1) is 0 Å². The number of nitrogens with zero attached hydrogens (tertiary/aromatic N) is 3. The van der Waals surface area contributed by atoms with E-state index in [-0.39, 0.29) is 10.8 Å². The van der Waals surface area contributed by atoms with E-state index in [1.54, 1.807) is 28.4 Å². The first-order valence-corrected chi connectivity index (χ1v) is 11.8. The van der Waals surface area contributed by atoms with Crippen LogP contribution in [0.25, 0.3) is 10.2 Å². The zero-order valence-corrected chi connectivity index (χ0v) is 17.2. The SMILES string of the molecule is CS(=O)(=O)c1cccc(C(=O)N2CCN(Cc3nc4ccccc4s3)CC2)c1. The fraction of sp³-hybridized carbons (Fsp3) is 0.300. The van der Waals surface area contributed by atoms with Crippen LogP contribution < -0.4 is 0 Å². The van der Waals surface area contributed by atoms with Gasteiger partial charge in [0.25, 0.3) is 5.91 Å². The summed E-state index contributed by atoms with van der Waals surface area (Å²) < 4.78 is 24.6. The number of benzene rings is 2. The lowest BCUT2D eigenvalue weighted by Crippen LogP contribution is -2.48. The van der Waals surface area contributed by atoms with Gasteiger partial charge in [0.05, 0.1) is 21.7 Å². The van der Waals surface area contributed by atoms with Crippen LogP contribution in [0.1, 0.15) is 15.4 Å². The summed E-state index contributed by atoms with van der Waals surface area (Å²) in [5.41, 5.74) is 1.45. The van der Waals surface area contributed by atoms with Crippen molar-refractivity contribution in [1.82, 2.24) is 14.8 Å². The van der Waals surface area contributed by atoms with Gasteiger partial charge < -0.3 is 4.90 Å². The quantitative estimate of drug-likeness (QED) is 0.655. The molecule has 0 N–H and O–H groups in total. The van der Waals surface area contributed by atoms with Crippen molar-refractivity contribution in [2.24, 2.45) is 0 Å². The van der Waals surface area contributed by atoms with Crippen LogP contribution in [0.4, 0.5) is 0 Å². The topological polar surface area (TPSA) is 70.6 Å². The number of piperazine rings is 1. The minimum Gasteiger partial charge on any atom is -0.336 e. The molecular weight excluding hydrogens is 394 g/mol. The summed E-state index contributed by atoms with van der Waals surface area (Å²) in [5, 5.41) is 1.09. The number of thiazole rings is 1. The maximum atomic E-state index is 12.8. The number of aromatic nitrogens is 1. The summed E-state index contributed by atoms with van der Waals surface area (Å²) in [5.74, 6) is -0.120. The van der Waals surface area contributed by atoms with E-state index in [0.29, 0.717) is 18.7 Å². The van der Waals surface area contributed by atoms with Gasteiger partial charge in [0.2, 0.25) is 0 Å². The highest BCUT2D eigenvalue weighted by molar-refractivity contribution is 7.90. The van der Waals surface area contributed by atoms with Gasteiger partial charge in [0.15, 0.2) is 9.84 Å². The second-order valence-corrected chi connectivity index (χ2v) is 10.1. The number of amides is 1. The molecule has 2 aromatic carbocycles. The lowest BCUT2D eigenvalue weighted by Gasteiger charge is -2.34. The molecule has 28 heavy (non-hydrogen) atoms. The lowest BCUT2D eigenvalue weighted by molar-refractivity contribution is 0.0628. The fourth-order valence-corrected chi connectivity index (χ4v) is 5.01. The number of carbonyl (C=O) groups is 1. The normalized spacial score (nSPS) is 15.8. The Kier molecular flexibility index (Phi) is 5.18. The third kappa shape index (κ3) is 4.09. The van der Waals surface area contributed by atoms with Crippen LogP contribution >= 0.6 is 11.3 Å². The number of para-hydroxylation sites is 1. The molecule has 0 saturated carbocycles. The van der Waals surface area contributed by atoms with Crippen molar-refractivity contribution in [3.05, 3.63) is 59.1 Å². The molecule has 0 unspecified atom stereocenters. The zero-order chi connectivity index (χ0) is 19.7. The second-order valence-electron chi connectivity index (χ2n) is 6.94. The van der Waals surface area contributed by atoms with E-state index in [9.17, 15) is 13.2 Å². The first-order valence-electron chi connectivity index (χ1n) is 9.06. The molecule has 0 atom stereocenters. The largest absolute Gasteiger partial charge is 0.336 e. The Balaban J connectivity index is 1.39. The van der Waals surface area contributed by atoms with Gasteiger partial charge in [-0.1, -0.05) is 18.2 Å². The number of sulfone groups is 1. The van der Waals surface area contributed by atoms with Gasteiger partial charge >= 0.3 is 0 Å². The molecule has 1 saturated heterocycles. The van der Waals surface area contributed by atoms with Gasteiger partial charge in [-0.3, -0.25) is 9.69 Å². The summed E-state index contributed by atoms with van der Waals surface area (Å²) in [6, 6.07) is 14.4. The van der Waals surface area contributed by atoms with E-state index in [2.05, 4.69) is 16.0 Å². The highest BCUT2D eigenvalue weighted by Gasteiger charge is 2.23. The third-order valence-electron chi connectivity index (χ3n) is 4.87. The highest BCUT2D eigenvalue weighted by Crippen LogP contribution is 2.23. The predicted octanol–water partition coefficient (Wildman–Crippen LogP) is 2.66. The third-order valence-corrected chi connectivity index (χ3v) is 7.00. The number of hydrogen-bond donors (Lipinski definition) is 0. The molecule has 1 aliphatic heterocycles. The molecule has 0 bridgehead atoms. The van der Waals surface area contributed by atoms with E-state index >= 15 is 0 Å². The number of carbonyl (C=O) groups excluding carboxylic acids is 1. The van der Waals surface area contributed by atoms with Crippen molar-refractivity contribution in [3.8, 4) is 0 Å². The fourth-order valence-electron chi connectivity index (χ4n) is 3.33. The van der Waals surface area contributed by atoms with Crippen molar-refractivity contribution in [2.75, 3.05) is 32.4 Å². The average molecular weight is 416 g/mol. The van der Waals surface area contributed by atoms with Gasteiger partial charge in [-0.25, -0.2) is 13.4 Å². The summed E-state index contributed by atoms with van der Waals surface area (Å²) in [6.07, 6.45) is 1.15. The lowest BCUT2D eigenvalue weighted by atomic mass is 10.2. The molecule has 1 aliphatic rings. The Hall–Kier alpha value is -2.29. The minimum atomic E-state index is -3.33. The summed E-state index contributed by atoms with van der Waals surface area (Å²) >= 11 is 1.71. The molecule has 0 radical (unpaired) electrons. The average Bonchev–Trinajstić information content (AvgIpc) is 3.10. The molecular formula is C20H21N3O3S2. The van der Waals surface area contributed by atoms with E-state index in [1.807, 2.05) is 18.2 Å². The second kappa shape index (κ2) is 7.62. The maximum Gasteiger partial charge on any atom is 0.253 e. The van der Waals surface area contributed by atoms with Gasteiger partial charge in [0.1, 0.15) is 5.01 Å². The maximum absolute atomic E-state index is 12.8. The summed E-state index contributed by atoms with van der Waals surface area (Å²) in [4.78, 5) is 21.7. The van der Waals surface area contributed by atoms with Gasteiger partial charge in [-0.05, 0) is 30.3 Å². The number of hydrogen-bond acceptors (Lipinski definition) is 6. The first kappa shape index (κ1) is 19.0. The van der Waals surface area contributed by atoms with Crippen molar-refractivity contribution in [3.63, 3.8) is 0 Å². The first-order chi connectivity index (χ1) is 13.4. The Morgan fingerprint density at radius 3 is 2.54 bits per heavy atom. The van der Waals surface area contributed by atoms with E-state index in [0.717, 1.165) is 36.4 Å². The Morgan fingerprint density at radius 1 is 1.07 bits per heavy atom. The molecule has 0 spiro atoms. The van der Waals surface area contributed by atoms with Gasteiger partial charge in [0, 0.05) is 38.0 Å². The highest BCUT2D eigenvalue weighted by atomic mass is 32.2. The van der Waals surface area contributed by atoms with Crippen molar-refractivity contribution >= 4 is 37.3 Å². The minimum absolute atomic E-state index is 0.120. The van der Waals surface area contributed by atoms with Crippen molar-refractivity contribution in [1.29, 1.82) is 0 Å². The Bertz CT molecular complexity index is 1080. The number of rotatable bonds is 4. The molecule has 2 heterocycles. The van der Waals surface area contributed by atoms with E-state index in [1.165, 1.54) is 16.8 Å². The molecule has 1 fully saturated rings. The van der Waals surface area contributed by atoms with Crippen molar-refractivity contribution in [2.45, 2.75) is 11.4 Å². The van der Waals surface area contributed by atoms with E-state index < -0.39 is 9.84 Å². The van der Waals surface area contributed by atoms with Crippen LogP contribution in [-0.2, 0) is 16.4 Å². The van der Waals surface area contributed by atoms with E-state index in [4.69, 9.17) is 0 Å². The van der Waals surface area contributed by atoms with Gasteiger partial charge in [-0.15, -0.1) is 11.3 Å². The zero-order valence-electron chi connectivity index (χ0n) is 15.5. The molecule has 8 heteroatoms. The van der Waals surface area contributed by atoms with Crippen molar-refractivity contribution < 1.29 is 13.2 Å². The Morgan fingerprint density at radius 2 is 1.82 bits per heavy atom. The number of fused-ring (bicyclic) bond motifs is 1. The van der Waals surface area contributed by atoms with Crippen LogP contribution in [0.2, 0.25) is 0 Å². The van der Waals surface area contributed by atoms with Crippen LogP contribution in [0.3, 0.4) is 0 Å². The van der Waals surface area contributed by atoms with Crippen LogP contribution in [-0.4, -0.2) is 61.5 Å². The van der Waals surface area contributed by atoms with Crippen LogP contribution in [0.15, 0.2) is 53.4 Å². The van der Waals surface area contributed by atoms with Gasteiger partial charge in [-0.2, -0.15) is 0 Å². The molecule has 1 aromatic heterocycles. The molecule has 0 aliphatic carbocycles. The molecule has 6 nitrogen and oxygen atoms in total. The molecule has 1 amide bonds. The molecule has 3 aromatic rings. The smallest absolute Gasteiger partial charge is 0.253 e.